The molecular formula is C8H7BBrF3KNS. The minimum Gasteiger partial charge on any atom is -0.445 e. The minimum absolute atomic E-state index is 0. The van der Waals surface area contributed by atoms with Gasteiger partial charge in [0.25, 0.3) is 0 Å². The fourth-order valence-electron chi connectivity index (χ4n) is 0.709. The number of halogens is 4. The summed E-state index contributed by atoms with van der Waals surface area (Å²) in [5.41, 5.74) is -0.690. The Morgan fingerprint density at radius 3 is 2.50 bits per heavy atom. The molecule has 1 nitrogen and oxygen atoms in total. The predicted molar refractivity (Wildman–Crippen MR) is 60.9 cm³/mol. The first-order valence-corrected chi connectivity index (χ1v) is 5.79. The van der Waals surface area contributed by atoms with E-state index in [0.717, 1.165) is 16.2 Å². The van der Waals surface area contributed by atoms with Crippen LogP contribution >= 0.6 is 27.7 Å². The summed E-state index contributed by atoms with van der Waals surface area (Å²) in [6, 6.07) is 3.39. The largest absolute Gasteiger partial charge is 1.00 e. The standard InChI is InChI=1S/C8H7BBrF3NS.K/c1-6(9(11,12)13)5-15-8-3-2-7(10)4-14-8;/h2-4H,1,5H2;/q-1;+1. The third-order valence-corrected chi connectivity index (χ3v) is 3.09. The van der Waals surface area contributed by atoms with Crippen molar-refractivity contribution >= 4 is 34.7 Å². The van der Waals surface area contributed by atoms with Crippen molar-refractivity contribution in [2.75, 3.05) is 5.75 Å². The summed E-state index contributed by atoms with van der Waals surface area (Å²) in [4.78, 5) is 3.95. The van der Waals surface area contributed by atoms with Crippen LogP contribution in [0.3, 0.4) is 0 Å². The second kappa shape index (κ2) is 7.60. The molecule has 8 heteroatoms. The van der Waals surface area contributed by atoms with Gasteiger partial charge in [-0.15, -0.1) is 23.8 Å². The Morgan fingerprint density at radius 1 is 1.44 bits per heavy atom. The van der Waals surface area contributed by atoms with E-state index in [4.69, 9.17) is 0 Å². The molecule has 1 heterocycles. The van der Waals surface area contributed by atoms with Crippen molar-refractivity contribution in [2.24, 2.45) is 0 Å². The summed E-state index contributed by atoms with van der Waals surface area (Å²) in [7, 11) is 0. The number of rotatable bonds is 4. The van der Waals surface area contributed by atoms with Crippen molar-refractivity contribution in [3.05, 3.63) is 34.9 Å². The monoisotopic (exact) mass is 335 g/mol. The van der Waals surface area contributed by atoms with E-state index in [0.29, 0.717) is 5.03 Å². The van der Waals surface area contributed by atoms with Gasteiger partial charge in [-0.05, 0) is 33.8 Å². The van der Waals surface area contributed by atoms with Crippen LogP contribution in [0.15, 0.2) is 39.9 Å². The van der Waals surface area contributed by atoms with Gasteiger partial charge in [-0.25, -0.2) is 4.98 Å². The molecule has 0 unspecified atom stereocenters. The van der Waals surface area contributed by atoms with E-state index in [2.05, 4.69) is 27.5 Å². The third-order valence-electron chi connectivity index (χ3n) is 1.57. The third kappa shape index (κ3) is 6.23. The molecule has 0 aliphatic carbocycles. The molecule has 0 radical (unpaired) electrons. The van der Waals surface area contributed by atoms with Crippen LogP contribution in [0.2, 0.25) is 0 Å². The zero-order valence-electron chi connectivity index (χ0n) is 8.59. The number of hydrogen-bond donors (Lipinski definition) is 0. The smallest absolute Gasteiger partial charge is 0.445 e. The van der Waals surface area contributed by atoms with Crippen LogP contribution in [0.25, 0.3) is 0 Å². The molecule has 0 saturated carbocycles. The zero-order valence-corrected chi connectivity index (χ0v) is 14.1. The summed E-state index contributed by atoms with van der Waals surface area (Å²) in [5.74, 6) is -0.169. The molecule has 0 saturated heterocycles. The molecule has 1 aromatic heterocycles. The molecule has 0 atom stereocenters. The Morgan fingerprint density at radius 2 is 2.06 bits per heavy atom. The van der Waals surface area contributed by atoms with E-state index in [1.165, 1.54) is 0 Å². The number of hydrogen-bond acceptors (Lipinski definition) is 2. The van der Waals surface area contributed by atoms with Crippen LogP contribution in [0.4, 0.5) is 12.9 Å². The van der Waals surface area contributed by atoms with Gasteiger partial charge in [0.2, 0.25) is 0 Å². The van der Waals surface area contributed by atoms with Crippen LogP contribution in [-0.2, 0) is 0 Å². The maximum Gasteiger partial charge on any atom is 1.00 e. The SMILES string of the molecule is C=C(CSc1ccc(Br)cn1)[B-](F)(F)F.[K+]. The van der Waals surface area contributed by atoms with Gasteiger partial charge in [0.1, 0.15) is 0 Å². The molecule has 0 bridgehead atoms. The molecule has 0 amide bonds. The van der Waals surface area contributed by atoms with Crippen molar-refractivity contribution in [1.29, 1.82) is 0 Å². The first-order chi connectivity index (χ1) is 6.89. The Bertz CT molecular complexity index is 357. The first kappa shape index (κ1) is 17.2. The fourth-order valence-corrected chi connectivity index (χ4v) is 1.76. The van der Waals surface area contributed by atoms with Gasteiger partial charge in [0, 0.05) is 10.7 Å². The number of nitrogens with zero attached hydrogens (tertiary/aromatic N) is 1. The fraction of sp³-hybridized carbons (Fsp3) is 0.125. The van der Waals surface area contributed by atoms with E-state index < -0.39 is 12.4 Å². The Balaban J connectivity index is 0.00000225. The van der Waals surface area contributed by atoms with Gasteiger partial charge >= 0.3 is 58.4 Å². The predicted octanol–water partition coefficient (Wildman–Crippen LogP) is 0.883. The van der Waals surface area contributed by atoms with Crippen LogP contribution in [0, 0.1) is 0 Å². The van der Waals surface area contributed by atoms with Crippen molar-refractivity contribution < 1.29 is 64.3 Å². The van der Waals surface area contributed by atoms with Gasteiger partial charge in [-0.2, -0.15) is 0 Å². The van der Waals surface area contributed by atoms with Gasteiger partial charge in [0.05, 0.1) is 5.03 Å². The van der Waals surface area contributed by atoms with Gasteiger partial charge in [-0.3, -0.25) is 0 Å². The quantitative estimate of drug-likeness (QED) is 0.598. The summed E-state index contributed by atoms with van der Waals surface area (Å²) in [6.45, 7) is -1.93. The average molecular weight is 336 g/mol. The zero-order chi connectivity index (χ0) is 11.5. The topological polar surface area (TPSA) is 12.9 Å². The summed E-state index contributed by atoms with van der Waals surface area (Å²) in [6.07, 6.45) is 1.55. The Labute approximate surface area is 147 Å². The number of pyridine rings is 1. The van der Waals surface area contributed by atoms with E-state index in [1.807, 2.05) is 0 Å². The van der Waals surface area contributed by atoms with Gasteiger partial charge < -0.3 is 12.9 Å². The molecule has 82 valence electrons. The molecule has 1 aromatic rings. The average Bonchev–Trinajstić information content (AvgIpc) is 2.15. The molecule has 0 N–H and O–H groups in total. The van der Waals surface area contributed by atoms with E-state index in [9.17, 15) is 12.9 Å². The number of thioether (sulfide) groups is 1. The molecule has 0 spiro atoms. The summed E-state index contributed by atoms with van der Waals surface area (Å²) >= 11 is 4.22. The molecule has 0 aliphatic rings. The van der Waals surface area contributed by atoms with Crippen LogP contribution in [0.5, 0.6) is 0 Å². The van der Waals surface area contributed by atoms with Gasteiger partial charge in [-0.1, -0.05) is 0 Å². The maximum absolute atomic E-state index is 12.1. The molecule has 0 aliphatic heterocycles. The number of aromatic nitrogens is 1. The van der Waals surface area contributed by atoms with Crippen molar-refractivity contribution in [3.8, 4) is 0 Å². The van der Waals surface area contributed by atoms with Crippen LogP contribution < -0.4 is 51.4 Å². The Hall–Kier alpha value is 1.21. The van der Waals surface area contributed by atoms with E-state index in [-0.39, 0.29) is 57.1 Å². The minimum atomic E-state index is -4.93. The normalized spacial score (nSPS) is 10.8. The maximum atomic E-state index is 12.1. The molecule has 0 aromatic carbocycles. The van der Waals surface area contributed by atoms with Crippen molar-refractivity contribution in [2.45, 2.75) is 5.03 Å². The van der Waals surface area contributed by atoms with E-state index >= 15 is 0 Å². The molecule has 1 rings (SSSR count). The molecule has 16 heavy (non-hydrogen) atoms. The summed E-state index contributed by atoms with van der Waals surface area (Å²) < 4.78 is 37.2. The van der Waals surface area contributed by atoms with Crippen LogP contribution in [-0.4, -0.2) is 17.7 Å². The van der Waals surface area contributed by atoms with Crippen molar-refractivity contribution in [1.82, 2.24) is 4.98 Å². The Kier molecular flexibility index (Phi) is 8.18. The molecular weight excluding hydrogens is 329 g/mol. The van der Waals surface area contributed by atoms with Crippen LogP contribution in [0.1, 0.15) is 0 Å². The summed E-state index contributed by atoms with van der Waals surface area (Å²) in [5, 5.41) is 0.555. The second-order valence-corrected chi connectivity index (χ2v) is 4.75. The van der Waals surface area contributed by atoms with Gasteiger partial charge in [0.15, 0.2) is 0 Å². The van der Waals surface area contributed by atoms with Crippen molar-refractivity contribution in [3.63, 3.8) is 0 Å². The second-order valence-electron chi connectivity index (χ2n) is 2.84. The molecule has 0 fully saturated rings. The first-order valence-electron chi connectivity index (χ1n) is 4.01. The van der Waals surface area contributed by atoms with E-state index in [1.54, 1.807) is 18.3 Å².